The highest BCUT2D eigenvalue weighted by molar-refractivity contribution is 7.92. The molecule has 1 heterocycles. The third kappa shape index (κ3) is 4.62. The third-order valence-electron chi connectivity index (χ3n) is 4.83. The Hall–Kier alpha value is -3.72. The number of hydrogen-bond donors (Lipinski definition) is 2. The number of sulfonamides is 1. The number of methoxy groups -OCH3 is 1. The molecule has 0 saturated heterocycles. The van der Waals surface area contributed by atoms with Gasteiger partial charge in [-0.1, -0.05) is 18.2 Å². The monoisotopic (exact) mass is 454 g/mol. The highest BCUT2D eigenvalue weighted by Crippen LogP contribution is 2.31. The molecule has 32 heavy (non-hydrogen) atoms. The quantitative estimate of drug-likeness (QED) is 0.590. The minimum absolute atomic E-state index is 0.0465. The molecule has 4 rings (SSSR count). The standard InChI is InChI=1S/C23H22N2O6S/c1-15-7-12-19(29-2)18(13-15)25-32(27,28)17-10-8-16(9-11-17)24-23(26)22-14-30-20-5-3-4-6-21(20)31-22/h3-13,22,25H,14H2,1-2H3,(H,24,26)/t22-/m0/s1. The number of fused-ring (bicyclic) bond motifs is 1. The molecule has 0 spiro atoms. The van der Waals surface area contributed by atoms with Gasteiger partial charge < -0.3 is 19.5 Å². The van der Waals surface area contributed by atoms with Crippen LogP contribution in [0.5, 0.6) is 17.2 Å². The molecule has 0 fully saturated rings. The number of carbonyl (C=O) groups excluding carboxylic acids is 1. The Morgan fingerprint density at radius 3 is 2.47 bits per heavy atom. The number of carbonyl (C=O) groups is 1. The Morgan fingerprint density at radius 2 is 1.75 bits per heavy atom. The first-order valence-electron chi connectivity index (χ1n) is 9.82. The van der Waals surface area contributed by atoms with Gasteiger partial charge in [-0.15, -0.1) is 0 Å². The van der Waals surface area contributed by atoms with Gasteiger partial charge in [0.15, 0.2) is 11.5 Å². The molecule has 0 bridgehead atoms. The number of hydrogen-bond acceptors (Lipinski definition) is 6. The lowest BCUT2D eigenvalue weighted by atomic mass is 10.2. The van der Waals surface area contributed by atoms with Crippen LogP contribution in [0.3, 0.4) is 0 Å². The van der Waals surface area contributed by atoms with E-state index in [9.17, 15) is 13.2 Å². The lowest BCUT2D eigenvalue weighted by molar-refractivity contribution is -0.125. The number of amides is 1. The summed E-state index contributed by atoms with van der Waals surface area (Å²) in [5, 5.41) is 2.72. The molecular formula is C23H22N2O6S. The minimum atomic E-state index is -3.85. The summed E-state index contributed by atoms with van der Waals surface area (Å²) in [4.78, 5) is 12.6. The van der Waals surface area contributed by atoms with Gasteiger partial charge in [0.1, 0.15) is 12.4 Å². The summed E-state index contributed by atoms with van der Waals surface area (Å²) >= 11 is 0. The van der Waals surface area contributed by atoms with Gasteiger partial charge in [-0.05, 0) is 61.0 Å². The van der Waals surface area contributed by atoms with E-state index in [0.29, 0.717) is 28.6 Å². The fourth-order valence-corrected chi connectivity index (χ4v) is 4.26. The SMILES string of the molecule is COc1ccc(C)cc1NS(=O)(=O)c1ccc(NC(=O)[C@@H]2COc3ccccc3O2)cc1. The van der Waals surface area contributed by atoms with Gasteiger partial charge in [-0.25, -0.2) is 8.42 Å². The fourth-order valence-electron chi connectivity index (χ4n) is 3.19. The van der Waals surface area contributed by atoms with Crippen LogP contribution in [0.1, 0.15) is 5.56 Å². The van der Waals surface area contributed by atoms with Gasteiger partial charge in [0.25, 0.3) is 15.9 Å². The van der Waals surface area contributed by atoms with Crippen molar-refractivity contribution >= 4 is 27.3 Å². The molecule has 9 heteroatoms. The zero-order chi connectivity index (χ0) is 22.7. The zero-order valence-electron chi connectivity index (χ0n) is 17.5. The van der Waals surface area contributed by atoms with Crippen LogP contribution in [0.25, 0.3) is 0 Å². The van der Waals surface area contributed by atoms with E-state index in [0.717, 1.165) is 5.56 Å². The van der Waals surface area contributed by atoms with Crippen molar-refractivity contribution in [2.45, 2.75) is 17.9 Å². The van der Waals surface area contributed by atoms with E-state index in [-0.39, 0.29) is 11.5 Å². The van der Waals surface area contributed by atoms with E-state index in [1.807, 2.05) is 19.1 Å². The summed E-state index contributed by atoms with van der Waals surface area (Å²) in [5.41, 5.74) is 1.67. The summed E-state index contributed by atoms with van der Waals surface area (Å²) in [5.74, 6) is 1.11. The molecule has 2 N–H and O–H groups in total. The van der Waals surface area contributed by atoms with E-state index < -0.39 is 22.0 Å². The van der Waals surface area contributed by atoms with Crippen molar-refractivity contribution in [3.8, 4) is 17.2 Å². The van der Waals surface area contributed by atoms with Gasteiger partial charge in [0, 0.05) is 5.69 Å². The fraction of sp³-hybridized carbons (Fsp3) is 0.174. The predicted molar refractivity (Wildman–Crippen MR) is 120 cm³/mol. The van der Waals surface area contributed by atoms with E-state index >= 15 is 0 Å². The molecule has 1 amide bonds. The highest BCUT2D eigenvalue weighted by atomic mass is 32.2. The van der Waals surface area contributed by atoms with Crippen molar-refractivity contribution in [2.75, 3.05) is 23.8 Å². The molecule has 1 aliphatic heterocycles. The maximum atomic E-state index is 12.8. The number of nitrogens with one attached hydrogen (secondary N) is 2. The van der Waals surface area contributed by atoms with Crippen LogP contribution in [0.15, 0.2) is 71.6 Å². The number of para-hydroxylation sites is 2. The number of aryl methyl sites for hydroxylation is 1. The van der Waals surface area contributed by atoms with E-state index in [2.05, 4.69) is 10.0 Å². The summed E-state index contributed by atoms with van der Waals surface area (Å²) in [6.07, 6.45) is -0.816. The molecule has 3 aromatic carbocycles. The summed E-state index contributed by atoms with van der Waals surface area (Å²) in [7, 11) is -2.38. The molecule has 3 aromatic rings. The van der Waals surface area contributed by atoms with E-state index in [1.54, 1.807) is 30.3 Å². The maximum absolute atomic E-state index is 12.8. The Balaban J connectivity index is 1.44. The first-order valence-corrected chi connectivity index (χ1v) is 11.3. The van der Waals surface area contributed by atoms with Gasteiger partial charge in [0.05, 0.1) is 17.7 Å². The van der Waals surface area contributed by atoms with Crippen LogP contribution < -0.4 is 24.2 Å². The molecule has 1 aliphatic rings. The third-order valence-corrected chi connectivity index (χ3v) is 6.21. The van der Waals surface area contributed by atoms with Crippen molar-refractivity contribution in [1.82, 2.24) is 0 Å². The predicted octanol–water partition coefficient (Wildman–Crippen LogP) is 3.58. The van der Waals surface area contributed by atoms with Gasteiger partial charge in [-0.3, -0.25) is 9.52 Å². The molecule has 0 saturated carbocycles. The summed E-state index contributed by atoms with van der Waals surface area (Å²) < 4.78 is 44.6. The van der Waals surface area contributed by atoms with Crippen molar-refractivity contribution < 1.29 is 27.4 Å². The molecule has 0 radical (unpaired) electrons. The Labute approximate surface area is 186 Å². The van der Waals surface area contributed by atoms with Gasteiger partial charge in [0.2, 0.25) is 6.10 Å². The molecule has 0 aromatic heterocycles. The smallest absolute Gasteiger partial charge is 0.269 e. The number of anilines is 2. The van der Waals surface area contributed by atoms with Crippen LogP contribution in [-0.2, 0) is 14.8 Å². The van der Waals surface area contributed by atoms with Crippen molar-refractivity contribution in [3.63, 3.8) is 0 Å². The minimum Gasteiger partial charge on any atom is -0.495 e. The van der Waals surface area contributed by atoms with Crippen LogP contribution in [0.4, 0.5) is 11.4 Å². The Kier molecular flexibility index (Phi) is 5.91. The lowest BCUT2D eigenvalue weighted by Crippen LogP contribution is -2.40. The molecular weight excluding hydrogens is 432 g/mol. The second-order valence-corrected chi connectivity index (χ2v) is 8.87. The van der Waals surface area contributed by atoms with Crippen LogP contribution in [0.2, 0.25) is 0 Å². The molecule has 1 atom stereocenters. The summed E-state index contributed by atoms with van der Waals surface area (Å²) in [6, 6.07) is 18.2. The average molecular weight is 455 g/mol. The van der Waals surface area contributed by atoms with E-state index in [1.165, 1.54) is 31.4 Å². The van der Waals surface area contributed by atoms with Gasteiger partial charge in [-0.2, -0.15) is 0 Å². The van der Waals surface area contributed by atoms with Gasteiger partial charge >= 0.3 is 0 Å². The molecule has 0 unspecified atom stereocenters. The van der Waals surface area contributed by atoms with Crippen LogP contribution >= 0.6 is 0 Å². The average Bonchev–Trinajstić information content (AvgIpc) is 2.79. The lowest BCUT2D eigenvalue weighted by Gasteiger charge is -2.25. The number of benzene rings is 3. The first kappa shape index (κ1) is 21.5. The highest BCUT2D eigenvalue weighted by Gasteiger charge is 2.27. The van der Waals surface area contributed by atoms with Crippen LogP contribution in [0, 0.1) is 6.92 Å². The second kappa shape index (κ2) is 8.80. The molecule has 166 valence electrons. The second-order valence-electron chi connectivity index (χ2n) is 7.19. The van der Waals surface area contributed by atoms with Crippen molar-refractivity contribution in [3.05, 3.63) is 72.3 Å². The number of rotatable bonds is 6. The molecule has 8 nitrogen and oxygen atoms in total. The topological polar surface area (TPSA) is 103 Å². The first-order chi connectivity index (χ1) is 15.4. The Morgan fingerprint density at radius 1 is 1.03 bits per heavy atom. The Bertz CT molecular complexity index is 1240. The molecule has 0 aliphatic carbocycles. The largest absolute Gasteiger partial charge is 0.495 e. The van der Waals surface area contributed by atoms with E-state index in [4.69, 9.17) is 14.2 Å². The summed E-state index contributed by atoms with van der Waals surface area (Å²) in [6.45, 7) is 1.94. The zero-order valence-corrected chi connectivity index (χ0v) is 18.3. The van der Waals surface area contributed by atoms with Crippen molar-refractivity contribution in [2.24, 2.45) is 0 Å². The normalized spacial score (nSPS) is 15.0. The van der Waals surface area contributed by atoms with Crippen LogP contribution in [-0.4, -0.2) is 34.1 Å². The maximum Gasteiger partial charge on any atom is 0.269 e. The van der Waals surface area contributed by atoms with Crippen molar-refractivity contribution in [1.29, 1.82) is 0 Å². The number of ether oxygens (including phenoxy) is 3.